The molecule has 0 fully saturated rings. The molecule has 6 heteroatoms. The van der Waals surface area contributed by atoms with Gasteiger partial charge in [0.2, 0.25) is 0 Å². The first-order chi connectivity index (χ1) is 17.6. The van der Waals surface area contributed by atoms with E-state index in [9.17, 15) is 0 Å². The number of benzene rings is 2. The number of anilines is 1. The highest BCUT2D eigenvalue weighted by Gasteiger charge is 2.27. The fourth-order valence-electron chi connectivity index (χ4n) is 4.65. The smallest absolute Gasteiger partial charge is 0.146 e. The van der Waals surface area contributed by atoms with E-state index in [4.69, 9.17) is 0 Å². The normalized spacial score (nSPS) is 21.4. The van der Waals surface area contributed by atoms with Gasteiger partial charge in [-0.15, -0.1) is 11.8 Å². The second kappa shape index (κ2) is 11.4. The van der Waals surface area contributed by atoms with Crippen LogP contribution in [0.3, 0.4) is 0 Å². The number of hydrogen-bond donors (Lipinski definition) is 3. The Morgan fingerprint density at radius 3 is 2.72 bits per heavy atom. The number of fused-ring (bicyclic) bond motifs is 1. The number of quaternary nitrogens is 2. The molecule has 2 aliphatic heterocycles. The standard InChI is InChI=1S/C30H32N4S2/c1-33(2)24-18-19-34(21-24)30-22(11-8-20-35-27-14-5-3-12-25(27)31)9-7-10-23(30)16-17-29-32-26-13-4-6-15-28(26)36-29/h3-6,8,11-19,21,32H,7,9-10,20,31H2,1-2H3/p+2/b11-8+,23-16+,29-17-. The van der Waals surface area contributed by atoms with Crippen LogP contribution < -0.4 is 16.0 Å². The molecule has 1 atom stereocenters. The van der Waals surface area contributed by atoms with Crippen LogP contribution in [0.5, 0.6) is 0 Å². The lowest BCUT2D eigenvalue weighted by Crippen LogP contribution is -3.00. The zero-order chi connectivity index (χ0) is 24.9. The van der Waals surface area contributed by atoms with Crippen molar-refractivity contribution in [2.24, 2.45) is 0 Å². The van der Waals surface area contributed by atoms with Crippen LogP contribution in [0.2, 0.25) is 0 Å². The summed E-state index contributed by atoms with van der Waals surface area (Å²) >= 11 is 3.66. The lowest BCUT2D eigenvalue weighted by Gasteiger charge is -2.22. The zero-order valence-corrected chi connectivity index (χ0v) is 22.6. The van der Waals surface area contributed by atoms with E-state index in [0.29, 0.717) is 0 Å². The highest BCUT2D eigenvalue weighted by Crippen LogP contribution is 2.40. The first-order valence-electron chi connectivity index (χ1n) is 12.4. The van der Waals surface area contributed by atoms with Crippen molar-refractivity contribution in [3.8, 4) is 0 Å². The van der Waals surface area contributed by atoms with E-state index in [-0.39, 0.29) is 0 Å². The van der Waals surface area contributed by atoms with Crippen molar-refractivity contribution in [1.29, 1.82) is 0 Å². The molecule has 3 aliphatic rings. The molecule has 2 aromatic carbocycles. The quantitative estimate of drug-likeness (QED) is 0.430. The van der Waals surface area contributed by atoms with Crippen LogP contribution in [0.25, 0.3) is 0 Å². The lowest BCUT2D eigenvalue weighted by atomic mass is 9.90. The summed E-state index contributed by atoms with van der Waals surface area (Å²) in [6.45, 7) is 0. The Labute approximate surface area is 223 Å². The van der Waals surface area contributed by atoms with Crippen LogP contribution in [-0.2, 0) is 0 Å². The minimum atomic E-state index is 0.940. The van der Waals surface area contributed by atoms with Gasteiger partial charge in [0.1, 0.15) is 23.8 Å². The summed E-state index contributed by atoms with van der Waals surface area (Å²) < 4.78 is 0. The number of thioether (sulfide) groups is 2. The highest BCUT2D eigenvalue weighted by atomic mass is 32.2. The molecule has 36 heavy (non-hydrogen) atoms. The van der Waals surface area contributed by atoms with Crippen LogP contribution >= 0.6 is 23.5 Å². The summed E-state index contributed by atoms with van der Waals surface area (Å²) in [7, 11) is 4.21. The zero-order valence-electron chi connectivity index (χ0n) is 21.0. The predicted molar refractivity (Wildman–Crippen MR) is 154 cm³/mol. The molecule has 0 spiro atoms. The van der Waals surface area contributed by atoms with Gasteiger partial charge in [0, 0.05) is 48.0 Å². The fraction of sp³-hybridized carbons (Fsp3) is 0.200. The molecule has 4 nitrogen and oxygen atoms in total. The van der Waals surface area contributed by atoms with E-state index in [0.717, 1.165) is 24.3 Å². The van der Waals surface area contributed by atoms with E-state index >= 15 is 0 Å². The molecule has 2 heterocycles. The summed E-state index contributed by atoms with van der Waals surface area (Å²) in [6, 6.07) is 16.9. The van der Waals surface area contributed by atoms with Gasteiger partial charge in [-0.05, 0) is 43.5 Å². The van der Waals surface area contributed by atoms with Gasteiger partial charge in [0.15, 0.2) is 0 Å². The summed E-state index contributed by atoms with van der Waals surface area (Å²) in [5.74, 6) is 0.940. The number of likely N-dealkylation sites (N-methyl/N-ethyl adjacent to an activating group) is 1. The summed E-state index contributed by atoms with van der Waals surface area (Å²) in [5, 5.41) is 4.74. The molecular formula is C30H34N4S2+2. The van der Waals surface area contributed by atoms with Crippen molar-refractivity contribution in [2.75, 3.05) is 25.2 Å². The van der Waals surface area contributed by atoms with Crippen LogP contribution in [0.15, 0.2) is 129 Å². The molecule has 0 bridgehead atoms. The minimum absolute atomic E-state index is 0.940. The third kappa shape index (κ3) is 5.73. The first kappa shape index (κ1) is 24.8. The van der Waals surface area contributed by atoms with E-state index in [1.807, 2.05) is 29.6 Å². The van der Waals surface area contributed by atoms with Gasteiger partial charge in [0.25, 0.3) is 0 Å². The molecule has 5 N–H and O–H groups in total. The maximum absolute atomic E-state index is 4.16. The topological polar surface area (TPSA) is 47.4 Å². The Morgan fingerprint density at radius 1 is 1.08 bits per heavy atom. The lowest BCUT2D eigenvalue weighted by molar-refractivity contribution is -0.741. The average molecular weight is 515 g/mol. The maximum atomic E-state index is 4.16. The first-order valence-corrected chi connectivity index (χ1v) is 14.2. The maximum Gasteiger partial charge on any atom is 0.146 e. The van der Waals surface area contributed by atoms with Gasteiger partial charge < -0.3 is 16.0 Å². The molecule has 0 aromatic heterocycles. The molecule has 5 rings (SSSR count). The third-order valence-corrected chi connectivity index (χ3v) is 8.61. The molecule has 1 unspecified atom stereocenters. The molecule has 0 saturated heterocycles. The third-order valence-electron chi connectivity index (χ3n) is 6.50. The number of allylic oxidation sites excluding steroid dienone is 6. The van der Waals surface area contributed by atoms with Crippen molar-refractivity contribution in [1.82, 2.24) is 4.90 Å². The Kier molecular flexibility index (Phi) is 7.87. The Bertz CT molecular complexity index is 1290. The van der Waals surface area contributed by atoms with Gasteiger partial charge in [-0.3, -0.25) is 0 Å². The van der Waals surface area contributed by atoms with E-state index in [1.54, 1.807) is 0 Å². The highest BCUT2D eigenvalue weighted by molar-refractivity contribution is 8.03. The number of para-hydroxylation sites is 1. The van der Waals surface area contributed by atoms with Gasteiger partial charge in [-0.2, -0.15) is 0 Å². The molecule has 184 valence electrons. The Morgan fingerprint density at radius 2 is 1.92 bits per heavy atom. The molecule has 2 aromatic rings. The van der Waals surface area contributed by atoms with Gasteiger partial charge >= 0.3 is 0 Å². The SMILES string of the molecule is CN(C)C1=C[NH+](C2=C(/C=C/CSc3ccccc3[NH3+])CCC/C2=C\C=C2\Nc3ccccc3S2)C=C1. The summed E-state index contributed by atoms with van der Waals surface area (Å²) in [6.07, 6.45) is 19.5. The van der Waals surface area contributed by atoms with Gasteiger partial charge in [0.05, 0.1) is 21.3 Å². The van der Waals surface area contributed by atoms with Crippen molar-refractivity contribution in [2.45, 2.75) is 29.1 Å². The van der Waals surface area contributed by atoms with Crippen LogP contribution in [-0.4, -0.2) is 24.7 Å². The van der Waals surface area contributed by atoms with Crippen molar-refractivity contribution in [3.05, 3.63) is 119 Å². The number of nitrogens with one attached hydrogen (secondary N) is 2. The van der Waals surface area contributed by atoms with Gasteiger partial charge in [-0.1, -0.05) is 54.3 Å². The Hall–Kier alpha value is -2.90. The minimum Gasteiger partial charge on any atom is -0.373 e. The average Bonchev–Trinajstić information content (AvgIpc) is 3.54. The number of hydrogen-bond acceptors (Lipinski definition) is 4. The number of rotatable bonds is 7. The summed E-state index contributed by atoms with van der Waals surface area (Å²) in [4.78, 5) is 6.03. The van der Waals surface area contributed by atoms with Crippen LogP contribution in [0, 0.1) is 0 Å². The largest absolute Gasteiger partial charge is 0.373 e. The van der Waals surface area contributed by atoms with Crippen LogP contribution in [0.1, 0.15) is 19.3 Å². The molecule has 0 radical (unpaired) electrons. The second-order valence-corrected chi connectivity index (χ2v) is 11.4. The predicted octanol–water partition coefficient (Wildman–Crippen LogP) is 5.45. The fourth-order valence-corrected chi connectivity index (χ4v) is 6.36. The molecule has 0 saturated carbocycles. The monoisotopic (exact) mass is 514 g/mol. The van der Waals surface area contributed by atoms with Crippen molar-refractivity contribution < 1.29 is 10.6 Å². The van der Waals surface area contributed by atoms with Crippen molar-refractivity contribution >= 4 is 34.9 Å². The molecule has 0 amide bonds. The van der Waals surface area contributed by atoms with E-state index < -0.39 is 0 Å². The van der Waals surface area contributed by atoms with Crippen molar-refractivity contribution in [3.63, 3.8) is 0 Å². The van der Waals surface area contributed by atoms with E-state index in [2.05, 4.69) is 115 Å². The van der Waals surface area contributed by atoms with E-state index in [1.165, 1.54) is 54.4 Å². The van der Waals surface area contributed by atoms with Gasteiger partial charge in [-0.25, -0.2) is 4.90 Å². The molecular weight excluding hydrogens is 480 g/mol. The van der Waals surface area contributed by atoms with Crippen LogP contribution in [0.4, 0.5) is 11.4 Å². The summed E-state index contributed by atoms with van der Waals surface area (Å²) in [5.41, 5.74) is 11.9. The second-order valence-electron chi connectivity index (χ2n) is 9.27. The number of nitrogens with zero attached hydrogens (tertiary/aromatic N) is 1. The Balaban J connectivity index is 1.41. The molecule has 1 aliphatic carbocycles.